The van der Waals surface area contributed by atoms with Gasteiger partial charge in [0.05, 0.1) is 0 Å². The molecule has 0 aliphatic heterocycles. The number of hydrogen-bond donors (Lipinski definition) is 1. The first-order valence-electron chi connectivity index (χ1n) is 9.90. The van der Waals surface area contributed by atoms with Gasteiger partial charge in [0.15, 0.2) is 0 Å². The summed E-state index contributed by atoms with van der Waals surface area (Å²) in [7, 11) is 0. The molecule has 0 heterocycles. The summed E-state index contributed by atoms with van der Waals surface area (Å²) in [6.45, 7) is 4.95. The van der Waals surface area contributed by atoms with Crippen LogP contribution in [0, 0.1) is 17.3 Å². The van der Waals surface area contributed by atoms with Gasteiger partial charge in [-0.15, -0.1) is 0 Å². The summed E-state index contributed by atoms with van der Waals surface area (Å²) in [5.74, 6) is 2.05. The highest BCUT2D eigenvalue weighted by Crippen LogP contribution is 2.40. The van der Waals surface area contributed by atoms with Gasteiger partial charge in [-0.3, -0.25) is 0 Å². The Labute approximate surface area is 132 Å². The van der Waals surface area contributed by atoms with E-state index in [0.29, 0.717) is 5.41 Å². The maximum absolute atomic E-state index is 4.16. The van der Waals surface area contributed by atoms with Gasteiger partial charge in [-0.05, 0) is 49.4 Å². The third-order valence-electron chi connectivity index (χ3n) is 6.73. The highest BCUT2D eigenvalue weighted by Gasteiger charge is 2.35. The molecule has 0 aromatic carbocycles. The molecule has 0 bridgehead atoms. The minimum atomic E-state index is 0.574. The van der Waals surface area contributed by atoms with Crippen LogP contribution in [0.1, 0.15) is 97.3 Å². The topological polar surface area (TPSA) is 12.0 Å². The van der Waals surface area contributed by atoms with E-state index in [9.17, 15) is 0 Å². The minimum absolute atomic E-state index is 0.574. The van der Waals surface area contributed by atoms with Crippen LogP contribution in [0.2, 0.25) is 0 Å². The van der Waals surface area contributed by atoms with Crippen molar-refractivity contribution < 1.29 is 0 Å². The van der Waals surface area contributed by atoms with Crippen molar-refractivity contribution in [2.45, 2.75) is 109 Å². The van der Waals surface area contributed by atoms with Gasteiger partial charge in [-0.1, -0.05) is 65.2 Å². The largest absolute Gasteiger partial charge is 0.311 e. The summed E-state index contributed by atoms with van der Waals surface area (Å²) < 4.78 is 0. The van der Waals surface area contributed by atoms with E-state index < -0.39 is 0 Å². The number of hydrogen-bond acceptors (Lipinski definition) is 1. The molecule has 1 N–H and O–H groups in total. The molecule has 0 radical (unpaired) electrons. The van der Waals surface area contributed by atoms with Crippen LogP contribution in [0.5, 0.6) is 0 Å². The first kappa shape index (κ1) is 15.8. The molecule has 0 saturated heterocycles. The Bertz CT molecular complexity index is 316. The van der Waals surface area contributed by atoms with E-state index in [-0.39, 0.29) is 0 Å². The highest BCUT2D eigenvalue weighted by atomic mass is 15.0. The van der Waals surface area contributed by atoms with Crippen molar-refractivity contribution in [2.75, 3.05) is 0 Å². The third-order valence-corrected chi connectivity index (χ3v) is 6.73. The van der Waals surface area contributed by atoms with Gasteiger partial charge in [0.2, 0.25) is 0 Å². The summed E-state index contributed by atoms with van der Waals surface area (Å²) in [4.78, 5) is 0. The zero-order valence-corrected chi connectivity index (χ0v) is 14.5. The molecule has 122 valence electrons. The summed E-state index contributed by atoms with van der Waals surface area (Å²) in [6, 6.07) is 1.66. The van der Waals surface area contributed by atoms with E-state index >= 15 is 0 Å². The molecule has 0 aromatic heterocycles. The molecule has 0 spiro atoms. The lowest BCUT2D eigenvalue weighted by Crippen LogP contribution is -2.49. The summed E-state index contributed by atoms with van der Waals surface area (Å²) in [6.07, 6.45) is 19.2. The van der Waals surface area contributed by atoms with Crippen molar-refractivity contribution in [3.63, 3.8) is 0 Å². The Morgan fingerprint density at radius 1 is 0.762 bits per heavy atom. The van der Waals surface area contributed by atoms with Gasteiger partial charge in [0, 0.05) is 12.1 Å². The lowest BCUT2D eigenvalue weighted by atomic mass is 9.70. The molecule has 21 heavy (non-hydrogen) atoms. The highest BCUT2D eigenvalue weighted by molar-refractivity contribution is 4.91. The van der Waals surface area contributed by atoms with Crippen LogP contribution < -0.4 is 5.32 Å². The standard InChI is InChI=1S/C20H37N/c1-20(2)14-8-11-17(15-20)21-19-13-7-6-12-18(19)16-9-4-3-5-10-16/h16-19,21H,3-15H2,1-2H3. The second-order valence-electron chi connectivity index (χ2n) is 9.08. The molecule has 3 rings (SSSR count). The zero-order chi connectivity index (χ0) is 14.7. The molecular formula is C20H37N. The Morgan fingerprint density at radius 2 is 1.48 bits per heavy atom. The maximum Gasteiger partial charge on any atom is 0.0101 e. The van der Waals surface area contributed by atoms with Gasteiger partial charge in [-0.25, -0.2) is 0 Å². The van der Waals surface area contributed by atoms with Crippen LogP contribution in [-0.2, 0) is 0 Å². The Morgan fingerprint density at radius 3 is 2.24 bits per heavy atom. The third kappa shape index (κ3) is 4.24. The van der Waals surface area contributed by atoms with Gasteiger partial charge in [-0.2, -0.15) is 0 Å². The maximum atomic E-state index is 4.16. The normalized spacial score (nSPS) is 38.3. The predicted molar refractivity (Wildman–Crippen MR) is 91.5 cm³/mol. The monoisotopic (exact) mass is 291 g/mol. The predicted octanol–water partition coefficient (Wildman–Crippen LogP) is 5.68. The van der Waals surface area contributed by atoms with Crippen LogP contribution >= 0.6 is 0 Å². The molecule has 3 fully saturated rings. The van der Waals surface area contributed by atoms with E-state index in [4.69, 9.17) is 0 Å². The lowest BCUT2D eigenvalue weighted by Gasteiger charge is -2.43. The second-order valence-corrected chi connectivity index (χ2v) is 9.08. The Kier molecular flexibility index (Phi) is 5.30. The molecule has 3 unspecified atom stereocenters. The molecular weight excluding hydrogens is 254 g/mol. The molecule has 3 saturated carbocycles. The van der Waals surface area contributed by atoms with Crippen molar-refractivity contribution >= 4 is 0 Å². The minimum Gasteiger partial charge on any atom is -0.311 e. The number of nitrogens with one attached hydrogen (secondary N) is 1. The molecule has 0 amide bonds. The lowest BCUT2D eigenvalue weighted by molar-refractivity contribution is 0.117. The van der Waals surface area contributed by atoms with Gasteiger partial charge in [0.25, 0.3) is 0 Å². The smallest absolute Gasteiger partial charge is 0.0101 e. The van der Waals surface area contributed by atoms with Gasteiger partial charge in [0.1, 0.15) is 0 Å². The molecule has 0 aromatic rings. The molecule has 3 aliphatic carbocycles. The van der Waals surface area contributed by atoms with Crippen LogP contribution in [0.15, 0.2) is 0 Å². The Hall–Kier alpha value is -0.0400. The van der Waals surface area contributed by atoms with E-state index in [1.165, 1.54) is 83.5 Å². The Balaban J connectivity index is 1.58. The SMILES string of the molecule is CC1(C)CCCC(NC2CCCCC2C2CCCCC2)C1. The van der Waals surface area contributed by atoms with Crippen LogP contribution in [0.25, 0.3) is 0 Å². The molecule has 1 heteroatoms. The van der Waals surface area contributed by atoms with Gasteiger partial charge < -0.3 is 5.32 Å². The quantitative estimate of drug-likeness (QED) is 0.705. The first-order valence-corrected chi connectivity index (χ1v) is 9.90. The van der Waals surface area contributed by atoms with Crippen molar-refractivity contribution in [3.8, 4) is 0 Å². The number of rotatable bonds is 3. The summed E-state index contributed by atoms with van der Waals surface area (Å²) in [5, 5.41) is 4.16. The first-order chi connectivity index (χ1) is 10.1. The summed E-state index contributed by atoms with van der Waals surface area (Å²) >= 11 is 0. The molecule has 1 nitrogen and oxygen atoms in total. The molecule has 3 atom stereocenters. The summed E-state index contributed by atoms with van der Waals surface area (Å²) in [5.41, 5.74) is 0.574. The zero-order valence-electron chi connectivity index (χ0n) is 14.5. The van der Waals surface area contributed by atoms with E-state index in [0.717, 1.165) is 23.9 Å². The average molecular weight is 292 g/mol. The average Bonchev–Trinajstić information content (AvgIpc) is 2.48. The van der Waals surface area contributed by atoms with E-state index in [2.05, 4.69) is 19.2 Å². The van der Waals surface area contributed by atoms with E-state index in [1.807, 2.05) is 0 Å². The van der Waals surface area contributed by atoms with E-state index in [1.54, 1.807) is 0 Å². The van der Waals surface area contributed by atoms with Crippen molar-refractivity contribution in [2.24, 2.45) is 17.3 Å². The second kappa shape index (κ2) is 7.02. The fourth-order valence-corrected chi connectivity index (χ4v) is 5.64. The van der Waals surface area contributed by atoms with Crippen molar-refractivity contribution in [1.82, 2.24) is 5.32 Å². The molecule has 3 aliphatic rings. The van der Waals surface area contributed by atoms with Crippen LogP contribution in [0.4, 0.5) is 0 Å². The van der Waals surface area contributed by atoms with Gasteiger partial charge >= 0.3 is 0 Å². The fraction of sp³-hybridized carbons (Fsp3) is 1.00. The van der Waals surface area contributed by atoms with Crippen molar-refractivity contribution in [3.05, 3.63) is 0 Å². The van der Waals surface area contributed by atoms with Crippen molar-refractivity contribution in [1.29, 1.82) is 0 Å². The fourth-order valence-electron chi connectivity index (χ4n) is 5.64. The van der Waals surface area contributed by atoms with Crippen LogP contribution in [-0.4, -0.2) is 12.1 Å². The van der Waals surface area contributed by atoms with Crippen LogP contribution in [0.3, 0.4) is 0 Å².